The number of nitrogens with zero attached hydrogens (tertiary/aromatic N) is 1. The lowest BCUT2D eigenvalue weighted by atomic mass is 10.2. The van der Waals surface area contributed by atoms with E-state index in [9.17, 15) is 4.79 Å². The average Bonchev–Trinajstić information content (AvgIpc) is 2.45. The van der Waals surface area contributed by atoms with Crippen LogP contribution in [0.1, 0.15) is 33.3 Å². The molecule has 0 saturated heterocycles. The number of rotatable bonds is 8. The Kier molecular flexibility index (Phi) is 7.09. The number of amides is 1. The molecule has 0 aliphatic heterocycles. The Balaban J connectivity index is 2.61. The molecule has 0 heterocycles. The van der Waals surface area contributed by atoms with E-state index in [1.54, 1.807) is 4.90 Å². The highest BCUT2D eigenvalue weighted by atomic mass is 16.5. The highest BCUT2D eigenvalue weighted by molar-refractivity contribution is 5.77. The SMILES string of the molecule is CCN(CC)C(=O)COc1ccccc1CNC(C)C. The van der Waals surface area contributed by atoms with Crippen molar-refractivity contribution < 1.29 is 9.53 Å². The maximum absolute atomic E-state index is 11.9. The van der Waals surface area contributed by atoms with Gasteiger partial charge in [-0.25, -0.2) is 0 Å². The van der Waals surface area contributed by atoms with E-state index in [1.165, 1.54) is 0 Å². The minimum absolute atomic E-state index is 0.0293. The summed E-state index contributed by atoms with van der Waals surface area (Å²) < 4.78 is 5.68. The second-order valence-corrected chi connectivity index (χ2v) is 5.00. The fraction of sp³-hybridized carbons (Fsp3) is 0.562. The van der Waals surface area contributed by atoms with Gasteiger partial charge in [-0.1, -0.05) is 32.0 Å². The van der Waals surface area contributed by atoms with E-state index in [4.69, 9.17) is 4.74 Å². The van der Waals surface area contributed by atoms with Crippen LogP contribution in [0.25, 0.3) is 0 Å². The van der Waals surface area contributed by atoms with Crippen molar-refractivity contribution in [2.45, 2.75) is 40.3 Å². The summed E-state index contributed by atoms with van der Waals surface area (Å²) in [7, 11) is 0. The molecule has 4 nitrogen and oxygen atoms in total. The average molecular weight is 278 g/mol. The molecule has 1 aromatic carbocycles. The Bertz CT molecular complexity index is 415. The summed E-state index contributed by atoms with van der Waals surface area (Å²) in [5.41, 5.74) is 1.08. The van der Waals surface area contributed by atoms with E-state index in [0.29, 0.717) is 6.04 Å². The Morgan fingerprint density at radius 3 is 2.50 bits per heavy atom. The molecule has 0 atom stereocenters. The van der Waals surface area contributed by atoms with Crippen molar-refractivity contribution in [1.29, 1.82) is 0 Å². The molecular weight excluding hydrogens is 252 g/mol. The Morgan fingerprint density at radius 1 is 1.25 bits per heavy atom. The van der Waals surface area contributed by atoms with Crippen LogP contribution in [0.15, 0.2) is 24.3 Å². The topological polar surface area (TPSA) is 41.6 Å². The van der Waals surface area contributed by atoms with Crippen LogP contribution in [0.2, 0.25) is 0 Å². The zero-order valence-corrected chi connectivity index (χ0v) is 13.0. The van der Waals surface area contributed by atoms with Gasteiger partial charge >= 0.3 is 0 Å². The van der Waals surface area contributed by atoms with E-state index in [-0.39, 0.29) is 12.5 Å². The molecule has 0 aliphatic carbocycles. The first kappa shape index (κ1) is 16.5. The number of carbonyl (C=O) groups is 1. The van der Waals surface area contributed by atoms with E-state index in [1.807, 2.05) is 38.1 Å². The number of nitrogens with one attached hydrogen (secondary N) is 1. The van der Waals surface area contributed by atoms with Gasteiger partial charge in [-0.05, 0) is 19.9 Å². The van der Waals surface area contributed by atoms with Gasteiger partial charge in [-0.15, -0.1) is 0 Å². The molecule has 0 unspecified atom stereocenters. The number of carbonyl (C=O) groups excluding carboxylic acids is 1. The van der Waals surface area contributed by atoms with Crippen LogP contribution >= 0.6 is 0 Å². The van der Waals surface area contributed by atoms with Crippen LogP contribution in [-0.2, 0) is 11.3 Å². The summed E-state index contributed by atoms with van der Waals surface area (Å²) >= 11 is 0. The highest BCUT2D eigenvalue weighted by Gasteiger charge is 2.11. The molecule has 1 amide bonds. The Labute approximate surface area is 122 Å². The van der Waals surface area contributed by atoms with Crippen LogP contribution in [0.3, 0.4) is 0 Å². The van der Waals surface area contributed by atoms with Crippen LogP contribution in [0, 0.1) is 0 Å². The molecule has 0 aliphatic rings. The second-order valence-electron chi connectivity index (χ2n) is 5.00. The second kappa shape index (κ2) is 8.59. The fourth-order valence-electron chi connectivity index (χ4n) is 1.91. The lowest BCUT2D eigenvalue weighted by Gasteiger charge is -2.19. The van der Waals surface area contributed by atoms with Crippen molar-refractivity contribution in [1.82, 2.24) is 10.2 Å². The summed E-state index contributed by atoms with van der Waals surface area (Å²) in [6.45, 7) is 10.4. The van der Waals surface area contributed by atoms with Gasteiger partial charge in [0.2, 0.25) is 0 Å². The monoisotopic (exact) mass is 278 g/mol. The molecule has 0 aromatic heterocycles. The molecule has 0 radical (unpaired) electrons. The van der Waals surface area contributed by atoms with Gasteiger partial charge in [0.1, 0.15) is 5.75 Å². The minimum Gasteiger partial charge on any atom is -0.483 e. The summed E-state index contributed by atoms with van der Waals surface area (Å²) in [6.07, 6.45) is 0. The summed E-state index contributed by atoms with van der Waals surface area (Å²) in [5.74, 6) is 0.808. The zero-order chi connectivity index (χ0) is 15.0. The highest BCUT2D eigenvalue weighted by Crippen LogP contribution is 2.18. The van der Waals surface area contributed by atoms with Gasteiger partial charge < -0.3 is 15.0 Å². The predicted octanol–water partition coefficient (Wildman–Crippen LogP) is 2.43. The largest absolute Gasteiger partial charge is 0.483 e. The number of likely N-dealkylation sites (N-methyl/N-ethyl adjacent to an activating group) is 1. The van der Waals surface area contributed by atoms with Gasteiger partial charge in [0.05, 0.1) is 0 Å². The van der Waals surface area contributed by atoms with Gasteiger partial charge in [0.15, 0.2) is 6.61 Å². The lowest BCUT2D eigenvalue weighted by Crippen LogP contribution is -2.34. The maximum Gasteiger partial charge on any atom is 0.260 e. The van der Waals surface area contributed by atoms with Crippen LogP contribution < -0.4 is 10.1 Å². The number of hydrogen-bond acceptors (Lipinski definition) is 3. The van der Waals surface area contributed by atoms with Crippen LogP contribution in [0.5, 0.6) is 5.75 Å². The van der Waals surface area contributed by atoms with E-state index >= 15 is 0 Å². The van der Waals surface area contributed by atoms with E-state index in [2.05, 4.69) is 19.2 Å². The van der Waals surface area contributed by atoms with Crippen molar-refractivity contribution in [3.05, 3.63) is 29.8 Å². The molecular formula is C16H26N2O2. The number of hydrogen-bond donors (Lipinski definition) is 1. The third-order valence-corrected chi connectivity index (χ3v) is 3.14. The van der Waals surface area contributed by atoms with Gasteiger partial charge in [-0.2, -0.15) is 0 Å². The molecule has 0 bridgehead atoms. The van der Waals surface area contributed by atoms with Crippen molar-refractivity contribution in [3.8, 4) is 5.75 Å². The zero-order valence-electron chi connectivity index (χ0n) is 13.0. The quantitative estimate of drug-likeness (QED) is 0.794. The Morgan fingerprint density at radius 2 is 1.90 bits per heavy atom. The Hall–Kier alpha value is -1.55. The van der Waals surface area contributed by atoms with Crippen molar-refractivity contribution in [2.75, 3.05) is 19.7 Å². The summed E-state index contributed by atoms with van der Waals surface area (Å²) in [4.78, 5) is 13.7. The van der Waals surface area contributed by atoms with Gasteiger partial charge in [-0.3, -0.25) is 4.79 Å². The molecule has 1 N–H and O–H groups in total. The van der Waals surface area contributed by atoms with Gasteiger partial charge in [0, 0.05) is 31.2 Å². The molecule has 20 heavy (non-hydrogen) atoms. The maximum atomic E-state index is 11.9. The molecule has 112 valence electrons. The van der Waals surface area contributed by atoms with E-state index < -0.39 is 0 Å². The lowest BCUT2D eigenvalue weighted by molar-refractivity contribution is -0.132. The third-order valence-electron chi connectivity index (χ3n) is 3.14. The fourth-order valence-corrected chi connectivity index (χ4v) is 1.91. The number of para-hydroxylation sites is 1. The predicted molar refractivity (Wildman–Crippen MR) is 81.8 cm³/mol. The first-order chi connectivity index (χ1) is 9.58. The van der Waals surface area contributed by atoms with Crippen LogP contribution in [0.4, 0.5) is 0 Å². The minimum atomic E-state index is 0.0293. The molecule has 0 spiro atoms. The van der Waals surface area contributed by atoms with Crippen molar-refractivity contribution in [3.63, 3.8) is 0 Å². The van der Waals surface area contributed by atoms with Crippen molar-refractivity contribution in [2.24, 2.45) is 0 Å². The number of ether oxygens (including phenoxy) is 1. The molecule has 0 fully saturated rings. The smallest absolute Gasteiger partial charge is 0.260 e. The molecule has 4 heteroatoms. The summed E-state index contributed by atoms with van der Waals surface area (Å²) in [6, 6.07) is 8.26. The van der Waals surface area contributed by atoms with Crippen molar-refractivity contribution >= 4 is 5.91 Å². The molecule has 0 saturated carbocycles. The first-order valence-corrected chi connectivity index (χ1v) is 7.30. The summed E-state index contributed by atoms with van der Waals surface area (Å²) in [5, 5.41) is 3.36. The molecule has 1 rings (SSSR count). The molecule has 1 aromatic rings. The third kappa shape index (κ3) is 5.21. The normalized spacial score (nSPS) is 10.7. The first-order valence-electron chi connectivity index (χ1n) is 7.30. The van der Waals surface area contributed by atoms with Crippen LogP contribution in [-0.4, -0.2) is 36.5 Å². The van der Waals surface area contributed by atoms with E-state index in [0.717, 1.165) is 30.9 Å². The standard InChI is InChI=1S/C16H26N2O2/c1-5-18(6-2)16(19)12-20-15-10-8-7-9-14(15)11-17-13(3)4/h7-10,13,17H,5-6,11-12H2,1-4H3. The number of benzene rings is 1. The van der Waals surface area contributed by atoms with Gasteiger partial charge in [0.25, 0.3) is 5.91 Å².